The smallest absolute Gasteiger partial charge is 0.214 e. The van der Waals surface area contributed by atoms with Crippen LogP contribution in [0.3, 0.4) is 0 Å². The molecule has 5 heteroatoms. The van der Waals surface area contributed by atoms with E-state index in [0.29, 0.717) is 0 Å². The van der Waals surface area contributed by atoms with Crippen molar-refractivity contribution in [3.05, 3.63) is 0 Å². The largest absolute Gasteiger partial charge is 0.289 e. The van der Waals surface area contributed by atoms with Crippen molar-refractivity contribution in [2.75, 3.05) is 6.54 Å². The Labute approximate surface area is 42.6 Å². The molecule has 0 bridgehead atoms. The minimum absolute atomic E-state index is 0.251. The first-order chi connectivity index (χ1) is 3.27. The van der Waals surface area contributed by atoms with Crippen molar-refractivity contribution in [1.82, 2.24) is 4.72 Å². The van der Waals surface area contributed by atoms with E-state index >= 15 is 0 Å². The summed E-state index contributed by atoms with van der Waals surface area (Å²) in [6, 6.07) is 0. The zero-order valence-corrected chi connectivity index (χ0v) is 4.27. The van der Waals surface area contributed by atoms with Crippen molar-refractivity contribution in [2.24, 2.45) is 0 Å². The highest BCUT2D eigenvalue weighted by Crippen LogP contribution is 1.46. The molecule has 0 aromatic rings. The second-order valence-corrected chi connectivity index (χ2v) is 1.57. The van der Waals surface area contributed by atoms with Crippen LogP contribution in [0.1, 0.15) is 0 Å². The predicted octanol–water partition coefficient (Wildman–Crippen LogP) is -1.79. The van der Waals surface area contributed by atoms with E-state index in [1.54, 1.807) is 0 Å². The van der Waals surface area contributed by atoms with Gasteiger partial charge in [-0.2, -0.15) is 0 Å². The van der Waals surface area contributed by atoms with Crippen LogP contribution in [-0.2, 0) is 15.7 Å². The first-order valence-corrected chi connectivity index (χ1v) is 2.68. The number of rotatable bonds is 3. The standard InChI is InChI=1S/C2H4NO3S/c4-2-1-3-7(5)6/h7H,1H2,(H,3,5,6). The summed E-state index contributed by atoms with van der Waals surface area (Å²) in [5.74, 6) is 0. The number of carbonyl (C=O) groups excluding carboxylic acids is 1. The Bertz CT molecular complexity index is 110. The number of hydrogen-bond donors (Lipinski definition) is 2. The van der Waals surface area contributed by atoms with E-state index in [1.807, 2.05) is 4.72 Å². The molecular formula is C2H4NO3S. The molecule has 0 saturated heterocycles. The monoisotopic (exact) mass is 122 g/mol. The number of thiol groups is 1. The normalized spacial score (nSPS) is 9.29. The highest BCUT2D eigenvalue weighted by atomic mass is 32.2. The molecule has 0 aliphatic rings. The second kappa shape index (κ2) is 3.76. The van der Waals surface area contributed by atoms with E-state index in [-0.39, 0.29) is 6.54 Å². The molecule has 0 fully saturated rings. The fourth-order valence-corrected chi connectivity index (χ4v) is 0.290. The SMILES string of the molecule is O=[C]CN[SH](=O)=O. The van der Waals surface area contributed by atoms with E-state index in [4.69, 9.17) is 0 Å². The van der Waals surface area contributed by atoms with E-state index in [0.717, 1.165) is 0 Å². The van der Waals surface area contributed by atoms with Gasteiger partial charge in [-0.15, -0.1) is 0 Å². The maximum absolute atomic E-state index is 9.51. The van der Waals surface area contributed by atoms with E-state index in [1.165, 1.54) is 6.29 Å². The molecule has 0 atom stereocenters. The Morgan fingerprint density at radius 2 is 2.14 bits per heavy atom. The van der Waals surface area contributed by atoms with Crippen molar-refractivity contribution >= 4 is 17.2 Å². The fraction of sp³-hybridized carbons (Fsp3) is 0.500. The third-order valence-corrected chi connectivity index (χ3v) is 0.697. The molecule has 1 N–H and O–H groups in total. The molecule has 41 valence electrons. The lowest BCUT2D eigenvalue weighted by Crippen LogP contribution is -2.12. The van der Waals surface area contributed by atoms with Crippen molar-refractivity contribution < 1.29 is 13.2 Å². The molecule has 0 saturated carbocycles. The summed E-state index contributed by atoms with van der Waals surface area (Å²) < 4.78 is 20.8. The average Bonchev–Trinajstić information content (AvgIpc) is 1.61. The maximum atomic E-state index is 9.51. The Morgan fingerprint density at radius 3 is 2.29 bits per heavy atom. The second-order valence-electron chi connectivity index (χ2n) is 0.736. The molecule has 4 nitrogen and oxygen atoms in total. The molecule has 0 aromatic heterocycles. The molecule has 0 aromatic carbocycles. The summed E-state index contributed by atoms with van der Waals surface area (Å²) in [5.41, 5.74) is 0. The summed E-state index contributed by atoms with van der Waals surface area (Å²) in [4.78, 5) is 9.25. The number of nitrogens with one attached hydrogen (secondary N) is 1. The van der Waals surface area contributed by atoms with Gasteiger partial charge in [-0.25, -0.2) is 13.1 Å². The third-order valence-electron chi connectivity index (χ3n) is 0.280. The van der Waals surface area contributed by atoms with E-state index in [9.17, 15) is 13.2 Å². The van der Waals surface area contributed by atoms with Gasteiger partial charge in [0.05, 0.1) is 6.54 Å². The lowest BCUT2D eigenvalue weighted by molar-refractivity contribution is 0.552. The summed E-state index contributed by atoms with van der Waals surface area (Å²) in [7, 11) is -2.62. The average molecular weight is 122 g/mol. The van der Waals surface area contributed by atoms with Gasteiger partial charge in [0.15, 0.2) is 0 Å². The number of hydrogen-bond acceptors (Lipinski definition) is 3. The highest BCUT2D eigenvalue weighted by Gasteiger charge is 1.78. The summed E-state index contributed by atoms with van der Waals surface area (Å²) in [6.45, 7) is -0.251. The van der Waals surface area contributed by atoms with Crippen LogP contribution >= 0.6 is 0 Å². The Kier molecular flexibility index (Phi) is 3.53. The van der Waals surface area contributed by atoms with Gasteiger partial charge >= 0.3 is 0 Å². The van der Waals surface area contributed by atoms with E-state index < -0.39 is 10.9 Å². The zero-order chi connectivity index (χ0) is 5.70. The van der Waals surface area contributed by atoms with Gasteiger partial charge in [0.2, 0.25) is 17.2 Å². The molecule has 7 heavy (non-hydrogen) atoms. The first-order valence-electron chi connectivity index (χ1n) is 1.50. The Morgan fingerprint density at radius 1 is 1.57 bits per heavy atom. The van der Waals surface area contributed by atoms with Crippen molar-refractivity contribution in [3.8, 4) is 0 Å². The van der Waals surface area contributed by atoms with Crippen LogP contribution in [0.15, 0.2) is 0 Å². The topological polar surface area (TPSA) is 63.2 Å². The van der Waals surface area contributed by atoms with Crippen LogP contribution in [0.2, 0.25) is 0 Å². The molecule has 0 heterocycles. The van der Waals surface area contributed by atoms with Gasteiger partial charge in [0.1, 0.15) is 0 Å². The van der Waals surface area contributed by atoms with Gasteiger partial charge < -0.3 is 0 Å². The third kappa shape index (κ3) is 5.58. The van der Waals surface area contributed by atoms with Crippen LogP contribution in [0.4, 0.5) is 0 Å². The lowest BCUT2D eigenvalue weighted by atomic mass is 10.8. The van der Waals surface area contributed by atoms with E-state index in [2.05, 4.69) is 0 Å². The Hall–Kier alpha value is -0.420. The van der Waals surface area contributed by atoms with Gasteiger partial charge in [-0.05, 0) is 0 Å². The van der Waals surface area contributed by atoms with Gasteiger partial charge in [0.25, 0.3) is 0 Å². The highest BCUT2D eigenvalue weighted by molar-refractivity contribution is 7.70. The van der Waals surface area contributed by atoms with Crippen LogP contribution in [-0.4, -0.2) is 21.2 Å². The first kappa shape index (κ1) is 6.58. The molecule has 0 aliphatic carbocycles. The molecule has 0 amide bonds. The minimum Gasteiger partial charge on any atom is -0.289 e. The fourth-order valence-electron chi connectivity index (χ4n) is 0.0968. The molecule has 1 radical (unpaired) electrons. The summed E-state index contributed by atoms with van der Waals surface area (Å²) in [6.07, 6.45) is 1.35. The minimum atomic E-state index is -2.62. The quantitative estimate of drug-likeness (QED) is 0.435. The molecule has 0 spiro atoms. The summed E-state index contributed by atoms with van der Waals surface area (Å²) >= 11 is 0. The van der Waals surface area contributed by atoms with Crippen molar-refractivity contribution in [3.63, 3.8) is 0 Å². The molecule has 0 unspecified atom stereocenters. The molecule has 0 rings (SSSR count). The van der Waals surface area contributed by atoms with Crippen LogP contribution in [0, 0.1) is 0 Å². The van der Waals surface area contributed by atoms with Gasteiger partial charge in [-0.3, -0.25) is 4.79 Å². The van der Waals surface area contributed by atoms with Crippen molar-refractivity contribution in [1.29, 1.82) is 0 Å². The maximum Gasteiger partial charge on any atom is 0.214 e. The van der Waals surface area contributed by atoms with Crippen molar-refractivity contribution in [2.45, 2.75) is 0 Å². The molecule has 0 aliphatic heterocycles. The summed E-state index contributed by atoms with van der Waals surface area (Å²) in [5, 5.41) is 0. The van der Waals surface area contributed by atoms with Crippen LogP contribution in [0.5, 0.6) is 0 Å². The van der Waals surface area contributed by atoms with Gasteiger partial charge in [0, 0.05) is 0 Å². The van der Waals surface area contributed by atoms with Gasteiger partial charge in [-0.1, -0.05) is 0 Å². The van der Waals surface area contributed by atoms with Crippen LogP contribution in [0.25, 0.3) is 0 Å². The molecular weight excluding hydrogens is 118 g/mol. The van der Waals surface area contributed by atoms with Crippen LogP contribution < -0.4 is 4.72 Å². The zero-order valence-electron chi connectivity index (χ0n) is 3.38. The predicted molar refractivity (Wildman–Crippen MR) is 24.0 cm³/mol. The lowest BCUT2D eigenvalue weighted by Gasteiger charge is -1.77. The Balaban J connectivity index is 3.14.